The summed E-state index contributed by atoms with van der Waals surface area (Å²) in [6.45, 7) is 1.14. The van der Waals surface area contributed by atoms with E-state index in [-0.39, 0.29) is 11.7 Å². The lowest BCUT2D eigenvalue weighted by Gasteiger charge is -2.18. The van der Waals surface area contributed by atoms with Crippen molar-refractivity contribution >= 4 is 5.84 Å². The maximum atomic E-state index is 13.2. The molecule has 2 aromatic carbocycles. The van der Waals surface area contributed by atoms with Gasteiger partial charge in [0.2, 0.25) is 0 Å². The van der Waals surface area contributed by atoms with Crippen LogP contribution in [0.25, 0.3) is 0 Å². The molecule has 2 aromatic rings. The van der Waals surface area contributed by atoms with Crippen LogP contribution < -0.4 is 5.73 Å². The molecule has 0 aromatic heterocycles. The molecule has 3 N–H and O–H groups in total. The Labute approximate surface area is 122 Å². The number of hydrogen-bond acceptors (Lipinski definition) is 2. The van der Waals surface area contributed by atoms with Crippen molar-refractivity contribution in [2.45, 2.75) is 13.1 Å². The summed E-state index contributed by atoms with van der Waals surface area (Å²) in [5, 5.41) is 7.51. The topological polar surface area (TPSA) is 53.1 Å². The van der Waals surface area contributed by atoms with Crippen molar-refractivity contribution in [2.24, 2.45) is 5.73 Å². The first-order valence-corrected chi connectivity index (χ1v) is 6.51. The number of amidine groups is 1. The predicted octanol–water partition coefficient (Wildman–Crippen LogP) is 2.88. The molecule has 2 rings (SSSR count). The monoisotopic (exact) mass is 289 g/mol. The molecule has 0 unspecified atom stereocenters. The highest BCUT2D eigenvalue weighted by atomic mass is 19.1. The number of rotatable bonds is 5. The molecule has 0 aliphatic rings. The van der Waals surface area contributed by atoms with Crippen LogP contribution in [0.5, 0.6) is 0 Å². The van der Waals surface area contributed by atoms with Gasteiger partial charge in [0.1, 0.15) is 17.5 Å². The lowest BCUT2D eigenvalue weighted by molar-refractivity contribution is 0.318. The Balaban J connectivity index is 2.10. The zero-order valence-electron chi connectivity index (χ0n) is 11.7. The summed E-state index contributed by atoms with van der Waals surface area (Å²) in [6, 6.07) is 10.5. The molecule has 0 saturated heterocycles. The molecule has 0 spiro atoms. The van der Waals surface area contributed by atoms with E-state index in [4.69, 9.17) is 11.1 Å². The van der Waals surface area contributed by atoms with Gasteiger partial charge in [-0.1, -0.05) is 18.2 Å². The van der Waals surface area contributed by atoms with Gasteiger partial charge in [-0.05, 0) is 42.4 Å². The molecule has 0 atom stereocenters. The average Bonchev–Trinajstić information content (AvgIpc) is 2.43. The molecule has 0 amide bonds. The van der Waals surface area contributed by atoms with Crippen LogP contribution in [-0.4, -0.2) is 17.8 Å². The second kappa shape index (κ2) is 6.45. The van der Waals surface area contributed by atoms with Crippen molar-refractivity contribution in [3.05, 3.63) is 70.8 Å². The summed E-state index contributed by atoms with van der Waals surface area (Å²) in [5.41, 5.74) is 7.65. The Kier molecular flexibility index (Phi) is 4.65. The molecular formula is C16H17F2N3. The van der Waals surface area contributed by atoms with E-state index in [1.807, 2.05) is 11.9 Å². The van der Waals surface area contributed by atoms with E-state index >= 15 is 0 Å². The fourth-order valence-corrected chi connectivity index (χ4v) is 2.19. The van der Waals surface area contributed by atoms with E-state index in [2.05, 4.69) is 0 Å². The Bertz CT molecular complexity index is 638. The Morgan fingerprint density at radius 2 is 1.67 bits per heavy atom. The first-order chi connectivity index (χ1) is 9.95. The average molecular weight is 289 g/mol. The number of nitrogens with zero attached hydrogens (tertiary/aromatic N) is 1. The highest BCUT2D eigenvalue weighted by molar-refractivity contribution is 5.96. The van der Waals surface area contributed by atoms with Crippen LogP contribution in [0.2, 0.25) is 0 Å². The predicted molar refractivity (Wildman–Crippen MR) is 79.0 cm³/mol. The summed E-state index contributed by atoms with van der Waals surface area (Å²) in [6.07, 6.45) is 0. The molecule has 5 heteroatoms. The van der Waals surface area contributed by atoms with Gasteiger partial charge in [0.25, 0.3) is 0 Å². The molecule has 0 saturated carbocycles. The third kappa shape index (κ3) is 4.10. The zero-order chi connectivity index (χ0) is 15.4. The molecule has 0 bridgehead atoms. The highest BCUT2D eigenvalue weighted by Gasteiger charge is 2.10. The SMILES string of the molecule is CN(Cc1ccc(F)cc1)Cc1ccc(F)cc1C(=N)N. The Morgan fingerprint density at radius 3 is 2.29 bits per heavy atom. The molecule has 110 valence electrons. The van der Waals surface area contributed by atoms with E-state index in [0.717, 1.165) is 11.1 Å². The fourth-order valence-electron chi connectivity index (χ4n) is 2.19. The largest absolute Gasteiger partial charge is 0.384 e. The number of benzene rings is 2. The van der Waals surface area contributed by atoms with Gasteiger partial charge in [-0.15, -0.1) is 0 Å². The summed E-state index contributed by atoms with van der Waals surface area (Å²) in [5.74, 6) is -0.830. The first-order valence-electron chi connectivity index (χ1n) is 6.51. The van der Waals surface area contributed by atoms with E-state index in [1.165, 1.54) is 24.3 Å². The fraction of sp³-hybridized carbons (Fsp3) is 0.188. The van der Waals surface area contributed by atoms with Crippen LogP contribution in [0.15, 0.2) is 42.5 Å². The molecule has 0 aliphatic carbocycles. The Morgan fingerprint density at radius 1 is 1.05 bits per heavy atom. The van der Waals surface area contributed by atoms with E-state index in [0.29, 0.717) is 18.7 Å². The molecular weight excluding hydrogens is 272 g/mol. The second-order valence-corrected chi connectivity index (χ2v) is 5.01. The minimum atomic E-state index is -0.412. The third-order valence-corrected chi connectivity index (χ3v) is 3.17. The quantitative estimate of drug-likeness (QED) is 0.657. The van der Waals surface area contributed by atoms with Gasteiger partial charge in [-0.3, -0.25) is 10.3 Å². The zero-order valence-corrected chi connectivity index (χ0v) is 11.7. The normalized spacial score (nSPS) is 10.9. The minimum Gasteiger partial charge on any atom is -0.384 e. The van der Waals surface area contributed by atoms with Crippen molar-refractivity contribution in [3.8, 4) is 0 Å². The molecule has 0 aliphatic heterocycles. The van der Waals surface area contributed by atoms with Crippen LogP contribution in [0, 0.1) is 17.0 Å². The van der Waals surface area contributed by atoms with Crippen LogP contribution in [-0.2, 0) is 13.1 Å². The van der Waals surface area contributed by atoms with Crippen molar-refractivity contribution in [1.82, 2.24) is 4.90 Å². The smallest absolute Gasteiger partial charge is 0.123 e. The number of nitrogens with two attached hydrogens (primary N) is 1. The molecule has 21 heavy (non-hydrogen) atoms. The van der Waals surface area contributed by atoms with E-state index in [1.54, 1.807) is 18.2 Å². The maximum Gasteiger partial charge on any atom is 0.123 e. The van der Waals surface area contributed by atoms with Gasteiger partial charge in [-0.2, -0.15) is 0 Å². The lowest BCUT2D eigenvalue weighted by Crippen LogP contribution is -2.21. The number of nitrogen functional groups attached to an aromatic ring is 1. The number of hydrogen-bond donors (Lipinski definition) is 2. The molecule has 0 heterocycles. The summed E-state index contributed by atoms with van der Waals surface area (Å²) in [4.78, 5) is 1.99. The highest BCUT2D eigenvalue weighted by Crippen LogP contribution is 2.14. The lowest BCUT2D eigenvalue weighted by atomic mass is 10.1. The van der Waals surface area contributed by atoms with Gasteiger partial charge in [0.05, 0.1) is 0 Å². The second-order valence-electron chi connectivity index (χ2n) is 5.01. The number of nitrogens with one attached hydrogen (secondary N) is 1. The number of halogens is 2. The van der Waals surface area contributed by atoms with Crippen LogP contribution in [0.3, 0.4) is 0 Å². The van der Waals surface area contributed by atoms with Crippen molar-refractivity contribution in [2.75, 3.05) is 7.05 Å². The minimum absolute atomic E-state index is 0.153. The summed E-state index contributed by atoms with van der Waals surface area (Å²) >= 11 is 0. The van der Waals surface area contributed by atoms with Crippen LogP contribution in [0.1, 0.15) is 16.7 Å². The van der Waals surface area contributed by atoms with Gasteiger partial charge in [0, 0.05) is 18.7 Å². The molecule has 0 radical (unpaired) electrons. The van der Waals surface area contributed by atoms with E-state index < -0.39 is 5.82 Å². The summed E-state index contributed by atoms with van der Waals surface area (Å²) in [7, 11) is 1.90. The maximum absolute atomic E-state index is 13.2. The Hall–Kier alpha value is -2.27. The van der Waals surface area contributed by atoms with Gasteiger partial charge < -0.3 is 5.73 Å². The van der Waals surface area contributed by atoms with Gasteiger partial charge in [-0.25, -0.2) is 8.78 Å². The van der Waals surface area contributed by atoms with Crippen molar-refractivity contribution in [1.29, 1.82) is 5.41 Å². The van der Waals surface area contributed by atoms with Crippen molar-refractivity contribution < 1.29 is 8.78 Å². The van der Waals surface area contributed by atoms with Gasteiger partial charge in [0.15, 0.2) is 0 Å². The molecule has 0 fully saturated rings. The summed E-state index contributed by atoms with van der Waals surface area (Å²) < 4.78 is 26.1. The standard InChI is InChI=1S/C16H17F2N3/c1-21(9-11-2-5-13(17)6-3-11)10-12-4-7-14(18)8-15(12)16(19)20/h2-8H,9-10H2,1H3,(H3,19,20). The first kappa shape index (κ1) is 15.1. The van der Waals surface area contributed by atoms with Crippen molar-refractivity contribution in [3.63, 3.8) is 0 Å². The third-order valence-electron chi connectivity index (χ3n) is 3.17. The van der Waals surface area contributed by atoms with Crippen LogP contribution >= 0.6 is 0 Å². The van der Waals surface area contributed by atoms with Gasteiger partial charge >= 0.3 is 0 Å². The van der Waals surface area contributed by atoms with E-state index in [9.17, 15) is 8.78 Å². The molecule has 3 nitrogen and oxygen atoms in total. The van der Waals surface area contributed by atoms with Crippen LogP contribution in [0.4, 0.5) is 8.78 Å².